The number of carbonyl (C=O) groups excluding carboxylic acids is 1. The largest absolute Gasteiger partial charge is 0.345 e. The second-order valence-electron chi connectivity index (χ2n) is 5.72. The van der Waals surface area contributed by atoms with Crippen molar-refractivity contribution in [2.45, 2.75) is 6.54 Å². The maximum absolute atomic E-state index is 12.6. The molecule has 5 nitrogen and oxygen atoms in total. The van der Waals surface area contributed by atoms with Crippen LogP contribution in [0.2, 0.25) is 0 Å². The number of aromatic nitrogens is 3. The molecule has 4 rings (SSSR count). The van der Waals surface area contributed by atoms with Crippen LogP contribution in [0.5, 0.6) is 0 Å². The van der Waals surface area contributed by atoms with E-state index in [0.29, 0.717) is 17.6 Å². The first-order chi connectivity index (χ1) is 12.3. The minimum Gasteiger partial charge on any atom is -0.345 e. The minimum atomic E-state index is -0.274. The van der Waals surface area contributed by atoms with E-state index in [4.69, 9.17) is 0 Å². The number of nitrogens with one attached hydrogen (secondary N) is 1. The van der Waals surface area contributed by atoms with E-state index in [9.17, 15) is 4.79 Å². The third-order valence-corrected chi connectivity index (χ3v) is 4.00. The first-order valence-electron chi connectivity index (χ1n) is 8.01. The van der Waals surface area contributed by atoms with E-state index in [1.54, 1.807) is 18.5 Å². The number of imidazole rings is 1. The molecule has 0 bridgehead atoms. The van der Waals surface area contributed by atoms with Gasteiger partial charge < -0.3 is 9.55 Å². The molecule has 0 unspecified atom stereocenters. The van der Waals surface area contributed by atoms with Crippen LogP contribution in [0.3, 0.4) is 0 Å². The molecule has 0 aliphatic carbocycles. The summed E-state index contributed by atoms with van der Waals surface area (Å²) >= 11 is 0. The highest BCUT2D eigenvalue weighted by molar-refractivity contribution is 5.97. The summed E-state index contributed by atoms with van der Waals surface area (Å²) in [6.07, 6.45) is 3.54. The van der Waals surface area contributed by atoms with Crippen LogP contribution in [0.4, 0.5) is 0 Å². The number of pyridine rings is 1. The highest BCUT2D eigenvalue weighted by Crippen LogP contribution is 2.12. The SMILES string of the molecule is O=C(N=c1ccccn1Cc1ccccc1)c1ccc2nc[nH]c2c1. The van der Waals surface area contributed by atoms with Crippen LogP contribution in [-0.4, -0.2) is 20.4 Å². The average molecular weight is 328 g/mol. The summed E-state index contributed by atoms with van der Waals surface area (Å²) in [5.41, 5.74) is 3.97. The van der Waals surface area contributed by atoms with Crippen molar-refractivity contribution in [3.63, 3.8) is 0 Å². The topological polar surface area (TPSA) is 63.0 Å². The summed E-state index contributed by atoms with van der Waals surface area (Å²) in [5, 5.41) is 0. The van der Waals surface area contributed by atoms with Gasteiger partial charge in [-0.3, -0.25) is 4.79 Å². The van der Waals surface area contributed by atoms with Crippen LogP contribution in [-0.2, 0) is 6.54 Å². The zero-order valence-electron chi connectivity index (χ0n) is 13.5. The predicted octanol–water partition coefficient (Wildman–Crippen LogP) is 3.15. The molecular weight excluding hydrogens is 312 g/mol. The highest BCUT2D eigenvalue weighted by Gasteiger charge is 2.06. The Balaban J connectivity index is 1.69. The molecule has 0 radical (unpaired) electrons. The van der Waals surface area contributed by atoms with E-state index >= 15 is 0 Å². The molecule has 0 spiro atoms. The van der Waals surface area contributed by atoms with Gasteiger partial charge in [0.25, 0.3) is 5.91 Å². The van der Waals surface area contributed by atoms with E-state index in [-0.39, 0.29) is 5.91 Å². The molecule has 25 heavy (non-hydrogen) atoms. The van der Waals surface area contributed by atoms with Gasteiger partial charge in [0.1, 0.15) is 5.49 Å². The van der Waals surface area contributed by atoms with Crippen molar-refractivity contribution in [3.8, 4) is 0 Å². The van der Waals surface area contributed by atoms with Gasteiger partial charge in [-0.05, 0) is 35.9 Å². The summed E-state index contributed by atoms with van der Waals surface area (Å²) in [4.78, 5) is 24.1. The number of benzene rings is 2. The smallest absolute Gasteiger partial charge is 0.279 e. The zero-order chi connectivity index (χ0) is 17.1. The van der Waals surface area contributed by atoms with Crippen LogP contribution in [0.1, 0.15) is 15.9 Å². The normalized spacial score (nSPS) is 11.8. The number of carbonyl (C=O) groups is 1. The monoisotopic (exact) mass is 328 g/mol. The van der Waals surface area contributed by atoms with Crippen molar-refractivity contribution in [3.05, 3.63) is 95.9 Å². The molecule has 2 aromatic heterocycles. The van der Waals surface area contributed by atoms with Crippen LogP contribution in [0.15, 0.2) is 84.2 Å². The molecule has 5 heteroatoms. The third-order valence-electron chi connectivity index (χ3n) is 4.00. The third kappa shape index (κ3) is 3.26. The molecule has 0 aliphatic rings. The molecule has 0 fully saturated rings. The van der Waals surface area contributed by atoms with E-state index in [0.717, 1.165) is 16.6 Å². The Hall–Kier alpha value is -3.47. The van der Waals surface area contributed by atoms with Gasteiger partial charge in [0.15, 0.2) is 0 Å². The maximum Gasteiger partial charge on any atom is 0.279 e. The van der Waals surface area contributed by atoms with Crippen LogP contribution in [0.25, 0.3) is 11.0 Å². The molecule has 122 valence electrons. The van der Waals surface area contributed by atoms with Crippen molar-refractivity contribution < 1.29 is 4.79 Å². The number of rotatable bonds is 3. The fourth-order valence-electron chi connectivity index (χ4n) is 2.72. The van der Waals surface area contributed by atoms with E-state index in [1.807, 2.05) is 53.2 Å². The van der Waals surface area contributed by atoms with Gasteiger partial charge in [0.05, 0.1) is 17.4 Å². The van der Waals surface area contributed by atoms with E-state index < -0.39 is 0 Å². The lowest BCUT2D eigenvalue weighted by Gasteiger charge is -2.07. The average Bonchev–Trinajstić information content (AvgIpc) is 3.12. The Kier molecular flexibility index (Phi) is 3.96. The van der Waals surface area contributed by atoms with Gasteiger partial charge in [-0.25, -0.2) is 4.98 Å². The molecule has 0 aliphatic heterocycles. The number of amides is 1. The Labute approximate surface area is 144 Å². The van der Waals surface area contributed by atoms with Crippen molar-refractivity contribution in [1.29, 1.82) is 0 Å². The summed E-state index contributed by atoms with van der Waals surface area (Å²) < 4.78 is 1.96. The fraction of sp³-hybridized carbons (Fsp3) is 0.0500. The highest BCUT2D eigenvalue weighted by atomic mass is 16.1. The molecule has 2 heterocycles. The Bertz CT molecular complexity index is 1090. The minimum absolute atomic E-state index is 0.274. The standard InChI is InChI=1S/C20H16N4O/c25-20(16-9-10-17-18(12-16)22-14-21-17)23-19-8-4-5-11-24(19)13-15-6-2-1-3-7-15/h1-12,14H,13H2,(H,21,22). The van der Waals surface area contributed by atoms with Gasteiger partial charge in [-0.15, -0.1) is 0 Å². The van der Waals surface area contributed by atoms with Crippen LogP contribution >= 0.6 is 0 Å². The zero-order valence-corrected chi connectivity index (χ0v) is 13.5. The number of H-pyrrole nitrogens is 1. The first kappa shape index (κ1) is 15.1. The van der Waals surface area contributed by atoms with Crippen molar-refractivity contribution >= 4 is 16.9 Å². The molecule has 0 saturated carbocycles. The van der Waals surface area contributed by atoms with Crippen molar-refractivity contribution in [1.82, 2.24) is 14.5 Å². The molecule has 2 aromatic carbocycles. The summed E-state index contributed by atoms with van der Waals surface area (Å²) in [6.45, 7) is 0.660. The van der Waals surface area contributed by atoms with Crippen molar-refractivity contribution in [2.24, 2.45) is 4.99 Å². The summed E-state index contributed by atoms with van der Waals surface area (Å²) in [5.74, 6) is -0.274. The second kappa shape index (κ2) is 6.57. The first-order valence-corrected chi connectivity index (χ1v) is 8.01. The Morgan fingerprint density at radius 3 is 2.76 bits per heavy atom. The number of fused-ring (bicyclic) bond motifs is 1. The predicted molar refractivity (Wildman–Crippen MR) is 96.0 cm³/mol. The van der Waals surface area contributed by atoms with Crippen LogP contribution < -0.4 is 5.49 Å². The quantitative estimate of drug-likeness (QED) is 0.628. The van der Waals surface area contributed by atoms with Gasteiger partial charge in [0.2, 0.25) is 0 Å². The molecule has 4 aromatic rings. The molecule has 0 saturated heterocycles. The summed E-state index contributed by atoms with van der Waals surface area (Å²) in [6, 6.07) is 21.1. The van der Waals surface area contributed by atoms with Gasteiger partial charge in [0, 0.05) is 18.3 Å². The van der Waals surface area contributed by atoms with E-state index in [1.165, 1.54) is 0 Å². The lowest BCUT2D eigenvalue weighted by molar-refractivity contribution is 0.0997. The molecule has 1 amide bonds. The van der Waals surface area contributed by atoms with Gasteiger partial charge in [-0.2, -0.15) is 4.99 Å². The number of aromatic amines is 1. The number of hydrogen-bond acceptors (Lipinski definition) is 2. The molecule has 1 N–H and O–H groups in total. The lowest BCUT2D eigenvalue weighted by Crippen LogP contribution is -2.22. The summed E-state index contributed by atoms with van der Waals surface area (Å²) in [7, 11) is 0. The Morgan fingerprint density at radius 2 is 1.88 bits per heavy atom. The lowest BCUT2D eigenvalue weighted by atomic mass is 10.2. The van der Waals surface area contributed by atoms with Crippen LogP contribution in [0, 0.1) is 0 Å². The van der Waals surface area contributed by atoms with Gasteiger partial charge in [-0.1, -0.05) is 36.4 Å². The maximum atomic E-state index is 12.6. The Morgan fingerprint density at radius 1 is 1.04 bits per heavy atom. The van der Waals surface area contributed by atoms with E-state index in [2.05, 4.69) is 27.1 Å². The number of nitrogens with zero attached hydrogens (tertiary/aromatic N) is 3. The number of hydrogen-bond donors (Lipinski definition) is 1. The van der Waals surface area contributed by atoms with Gasteiger partial charge >= 0.3 is 0 Å². The molecule has 0 atom stereocenters. The second-order valence-corrected chi connectivity index (χ2v) is 5.72. The fourth-order valence-corrected chi connectivity index (χ4v) is 2.72. The van der Waals surface area contributed by atoms with Crippen molar-refractivity contribution in [2.75, 3.05) is 0 Å². The molecular formula is C20H16N4O.